The van der Waals surface area contributed by atoms with Crippen LogP contribution in [0.15, 0.2) is 66.9 Å². The van der Waals surface area contributed by atoms with E-state index in [4.69, 9.17) is 22.4 Å². The normalized spacial score (nSPS) is 24.6. The number of likely N-dealkylation sites (tertiary alicyclic amines) is 1. The van der Waals surface area contributed by atoms with Crippen molar-refractivity contribution in [3.8, 4) is 17.0 Å². The SMILES string of the molecule is [2H]C1([2H])/C=C/C([2H])([2H])OC([2H])([2H])c2cccc(c2)-c2ccnc(n2)Nc2ccc(OCCN3CCCC3)c(c2)CO1. The van der Waals surface area contributed by atoms with Gasteiger partial charge in [0.25, 0.3) is 0 Å². The molecule has 2 aliphatic rings. The highest BCUT2D eigenvalue weighted by atomic mass is 16.5. The van der Waals surface area contributed by atoms with E-state index in [2.05, 4.69) is 20.2 Å². The van der Waals surface area contributed by atoms with Gasteiger partial charge in [-0.3, -0.25) is 4.90 Å². The molecule has 7 nitrogen and oxygen atoms in total. The quantitative estimate of drug-likeness (QED) is 0.531. The molecule has 6 bridgehead atoms. The molecule has 0 amide bonds. The summed E-state index contributed by atoms with van der Waals surface area (Å²) >= 11 is 0. The Balaban J connectivity index is 1.49. The molecule has 0 saturated carbocycles. The van der Waals surface area contributed by atoms with Crippen molar-refractivity contribution in [2.24, 2.45) is 0 Å². The molecule has 2 aliphatic heterocycles. The van der Waals surface area contributed by atoms with Crippen molar-refractivity contribution >= 4 is 11.6 Å². The minimum atomic E-state index is -2.64. The molecule has 35 heavy (non-hydrogen) atoms. The lowest BCUT2D eigenvalue weighted by atomic mass is 10.1. The van der Waals surface area contributed by atoms with Crippen molar-refractivity contribution in [3.05, 3.63) is 78.0 Å². The number of benzene rings is 2. The number of rotatable bonds is 4. The van der Waals surface area contributed by atoms with Crippen molar-refractivity contribution in [3.63, 3.8) is 0 Å². The van der Waals surface area contributed by atoms with Crippen LogP contribution in [0, 0.1) is 0 Å². The van der Waals surface area contributed by atoms with E-state index in [9.17, 15) is 0 Å². The molecule has 1 fully saturated rings. The zero-order valence-electron chi connectivity index (χ0n) is 25.4. The highest BCUT2D eigenvalue weighted by Crippen LogP contribution is 2.26. The third-order valence-corrected chi connectivity index (χ3v) is 5.75. The second-order valence-corrected chi connectivity index (χ2v) is 8.25. The van der Waals surface area contributed by atoms with Crippen LogP contribution in [0.3, 0.4) is 0 Å². The zero-order valence-corrected chi connectivity index (χ0v) is 19.4. The van der Waals surface area contributed by atoms with Crippen molar-refractivity contribution in [1.82, 2.24) is 14.9 Å². The Morgan fingerprint density at radius 1 is 1.03 bits per heavy atom. The van der Waals surface area contributed by atoms with Gasteiger partial charge in [0.2, 0.25) is 5.95 Å². The summed E-state index contributed by atoms with van der Waals surface area (Å²) in [6.07, 6.45) is 5.66. The molecular weight excluding hydrogens is 440 g/mol. The highest BCUT2D eigenvalue weighted by Gasteiger charge is 2.13. The van der Waals surface area contributed by atoms with E-state index in [1.807, 2.05) is 6.07 Å². The molecule has 0 spiro atoms. The summed E-state index contributed by atoms with van der Waals surface area (Å²) in [5, 5.41) is 3.17. The van der Waals surface area contributed by atoms with E-state index >= 15 is 0 Å². The van der Waals surface area contributed by atoms with Crippen LogP contribution in [-0.2, 0) is 22.6 Å². The van der Waals surface area contributed by atoms with Crippen molar-refractivity contribution < 1.29 is 22.4 Å². The van der Waals surface area contributed by atoms with Gasteiger partial charge in [-0.2, -0.15) is 0 Å². The van der Waals surface area contributed by atoms with Gasteiger partial charge in [0, 0.05) is 29.6 Å². The van der Waals surface area contributed by atoms with Crippen LogP contribution in [0.5, 0.6) is 5.75 Å². The summed E-state index contributed by atoms with van der Waals surface area (Å²) < 4.78 is 66.5. The Hall–Kier alpha value is -3.26. The van der Waals surface area contributed by atoms with Crippen LogP contribution in [0.4, 0.5) is 11.6 Å². The van der Waals surface area contributed by atoms with Gasteiger partial charge >= 0.3 is 0 Å². The molecule has 1 aromatic heterocycles. The molecule has 7 heteroatoms. The first-order valence-corrected chi connectivity index (χ1v) is 11.7. The van der Waals surface area contributed by atoms with Gasteiger partial charge in [-0.15, -0.1) is 0 Å². The highest BCUT2D eigenvalue weighted by molar-refractivity contribution is 5.63. The summed E-state index contributed by atoms with van der Waals surface area (Å²) in [5.74, 6) is 0.847. The second kappa shape index (κ2) is 11.9. The van der Waals surface area contributed by atoms with Gasteiger partial charge in [-0.1, -0.05) is 30.4 Å². The Bertz CT molecular complexity index is 1400. The van der Waals surface area contributed by atoms with Gasteiger partial charge in [-0.25, -0.2) is 9.97 Å². The van der Waals surface area contributed by atoms with Gasteiger partial charge < -0.3 is 19.5 Å². The fourth-order valence-electron chi connectivity index (χ4n) is 4.01. The predicted octanol–water partition coefficient (Wildman–Crippen LogP) is 4.96. The average molecular weight is 479 g/mol. The number of nitrogens with one attached hydrogen (secondary N) is 1. The molecule has 2 aromatic carbocycles. The maximum Gasteiger partial charge on any atom is 0.227 e. The molecular formula is C28H32N4O3. The summed E-state index contributed by atoms with van der Waals surface area (Å²) in [6.45, 7) is -4.38. The Morgan fingerprint density at radius 2 is 1.91 bits per heavy atom. The fraction of sp³-hybridized carbons (Fsp3) is 0.357. The van der Waals surface area contributed by atoms with Gasteiger partial charge in [0.05, 0.1) is 40.2 Å². The first-order chi connectivity index (χ1) is 19.5. The van der Waals surface area contributed by atoms with E-state index in [0.717, 1.165) is 31.8 Å². The van der Waals surface area contributed by atoms with E-state index < -0.39 is 19.7 Å². The third kappa shape index (κ3) is 6.66. The molecule has 0 unspecified atom stereocenters. The molecule has 182 valence electrons. The van der Waals surface area contributed by atoms with Gasteiger partial charge in [0.15, 0.2) is 0 Å². The van der Waals surface area contributed by atoms with Gasteiger partial charge in [-0.05, 0) is 61.8 Å². The molecule has 1 N–H and O–H groups in total. The van der Waals surface area contributed by atoms with Crippen LogP contribution in [0.1, 0.15) is 32.2 Å². The molecule has 1 saturated heterocycles. The topological polar surface area (TPSA) is 68.7 Å². The Morgan fingerprint density at radius 3 is 2.83 bits per heavy atom. The summed E-state index contributed by atoms with van der Waals surface area (Å²) in [4.78, 5) is 11.2. The first-order valence-electron chi connectivity index (χ1n) is 14.7. The number of hydrogen-bond donors (Lipinski definition) is 1. The van der Waals surface area contributed by atoms with Crippen molar-refractivity contribution in [1.29, 1.82) is 0 Å². The molecule has 5 rings (SSSR count). The molecule has 0 radical (unpaired) electrons. The van der Waals surface area contributed by atoms with Crippen LogP contribution < -0.4 is 10.1 Å². The van der Waals surface area contributed by atoms with Crippen LogP contribution in [0.2, 0.25) is 0 Å². The first kappa shape index (κ1) is 17.2. The summed E-state index contributed by atoms with van der Waals surface area (Å²) in [7, 11) is 0. The third-order valence-electron chi connectivity index (χ3n) is 5.75. The lowest BCUT2D eigenvalue weighted by Gasteiger charge is -2.17. The van der Waals surface area contributed by atoms with Crippen LogP contribution >= 0.6 is 0 Å². The number of ether oxygens (including phenoxy) is 3. The Labute approximate surface area is 215 Å². The van der Waals surface area contributed by atoms with E-state index in [0.29, 0.717) is 40.8 Å². The fourth-order valence-corrected chi connectivity index (χ4v) is 4.01. The summed E-state index contributed by atoms with van der Waals surface area (Å²) in [6, 6.07) is 13.5. The minimum Gasteiger partial charge on any atom is -0.492 e. The molecule has 3 heterocycles. The van der Waals surface area contributed by atoms with E-state index in [-0.39, 0.29) is 12.2 Å². The van der Waals surface area contributed by atoms with E-state index in [1.165, 1.54) is 25.0 Å². The Kier molecular flexibility index (Phi) is 5.87. The number of anilines is 2. The molecule has 0 atom stereocenters. The molecule has 3 aromatic rings. The summed E-state index contributed by atoms with van der Waals surface area (Å²) in [5.41, 5.74) is 2.41. The van der Waals surface area contributed by atoms with Crippen molar-refractivity contribution in [2.45, 2.75) is 26.0 Å². The lowest BCUT2D eigenvalue weighted by molar-refractivity contribution is 0.138. The lowest BCUT2D eigenvalue weighted by Crippen LogP contribution is -2.25. The van der Waals surface area contributed by atoms with Gasteiger partial charge in [0.1, 0.15) is 12.4 Å². The minimum absolute atomic E-state index is 0.0748. The predicted molar refractivity (Wildman–Crippen MR) is 137 cm³/mol. The van der Waals surface area contributed by atoms with E-state index in [1.54, 1.807) is 36.5 Å². The monoisotopic (exact) mass is 478 g/mol. The number of aromatic nitrogens is 2. The second-order valence-electron chi connectivity index (χ2n) is 8.25. The van der Waals surface area contributed by atoms with Crippen LogP contribution in [-0.4, -0.2) is 54.2 Å². The van der Waals surface area contributed by atoms with Crippen molar-refractivity contribution in [2.75, 3.05) is 44.7 Å². The number of nitrogens with zero attached hydrogens (tertiary/aromatic N) is 3. The average Bonchev–Trinajstić information content (AvgIpc) is 3.45. The number of hydrogen-bond acceptors (Lipinski definition) is 7. The number of fused-ring (bicyclic) bond motifs is 7. The van der Waals surface area contributed by atoms with Crippen LogP contribution in [0.25, 0.3) is 11.3 Å². The maximum atomic E-state index is 8.39. The standard InChI is InChI=1S/C28H32N4O3/c1-2-13-32(12-1)14-17-35-27-9-8-25-19-24(27)21-34-16-4-3-15-33-20-22-6-5-7-23(18-22)26-10-11-29-28(30-25)31-26/h3-11,18-19H,1-2,12-17,20-21H2,(H,29,30,31)/b4-3+/i15D2,16D2,20D2. The maximum absolute atomic E-state index is 8.39. The smallest absolute Gasteiger partial charge is 0.227 e. The largest absolute Gasteiger partial charge is 0.492 e. The zero-order chi connectivity index (χ0) is 29.1. The molecule has 0 aliphatic carbocycles.